The van der Waals surface area contributed by atoms with E-state index in [1.807, 2.05) is 0 Å². The Morgan fingerprint density at radius 3 is 2.67 bits per heavy atom. The Balaban J connectivity index is 1.89. The number of likely N-dealkylation sites (N-methyl/N-ethyl adjacent to an activating group) is 1. The summed E-state index contributed by atoms with van der Waals surface area (Å²) in [6, 6.07) is 3.14. The minimum atomic E-state index is -0.481. The summed E-state index contributed by atoms with van der Waals surface area (Å²) < 4.78 is 34.1. The third-order valence-electron chi connectivity index (χ3n) is 3.67. The predicted octanol–water partition coefficient (Wildman–Crippen LogP) is 4.08. The molecule has 116 valence electrons. The van der Waals surface area contributed by atoms with E-state index in [1.54, 1.807) is 11.4 Å². The monoisotopic (exact) mass is 313 g/mol. The van der Waals surface area contributed by atoms with Crippen LogP contribution >= 0.6 is 11.3 Å². The lowest BCUT2D eigenvalue weighted by atomic mass is 10.1. The zero-order valence-electron chi connectivity index (χ0n) is 12.5. The Labute approximate surface area is 128 Å². The van der Waals surface area contributed by atoms with E-state index < -0.39 is 11.6 Å². The second kappa shape index (κ2) is 7.82. The molecule has 21 heavy (non-hydrogen) atoms. The van der Waals surface area contributed by atoms with Crippen molar-refractivity contribution in [3.8, 4) is 0 Å². The number of ether oxygens (including phenoxy) is 1. The maximum absolute atomic E-state index is 14.2. The summed E-state index contributed by atoms with van der Waals surface area (Å²) in [5.41, 5.74) is 0.132. The number of nitrogens with zero attached hydrogens (tertiary/aromatic N) is 1. The van der Waals surface area contributed by atoms with E-state index >= 15 is 0 Å². The molecule has 1 aromatic carbocycles. The van der Waals surface area contributed by atoms with Gasteiger partial charge in [0.05, 0.1) is 17.9 Å². The Kier molecular flexibility index (Phi) is 6.08. The fourth-order valence-corrected chi connectivity index (χ4v) is 3.16. The van der Waals surface area contributed by atoms with Crippen LogP contribution in [0.3, 0.4) is 0 Å². The van der Waals surface area contributed by atoms with E-state index in [1.165, 1.54) is 17.4 Å². The lowest BCUT2D eigenvalue weighted by Gasteiger charge is -2.17. The minimum Gasteiger partial charge on any atom is -0.380 e. The Hall–Kier alpha value is -1.04. The Bertz CT molecular complexity index is 581. The van der Waals surface area contributed by atoms with Crippen LogP contribution < -0.4 is 0 Å². The standard InChI is InChI=1S/C16H21F2NOS/c1-3-19(4-2)7-9-20-8-5-13-14(17)11-12-6-10-21-16(12)15(13)18/h6,10-11H,3-5,7-9H2,1-2H3. The predicted molar refractivity (Wildman–Crippen MR) is 84.1 cm³/mol. The third kappa shape index (κ3) is 3.99. The quantitative estimate of drug-likeness (QED) is 0.681. The zero-order chi connectivity index (χ0) is 15.2. The molecule has 0 amide bonds. The van der Waals surface area contributed by atoms with Crippen molar-refractivity contribution in [2.45, 2.75) is 20.3 Å². The maximum Gasteiger partial charge on any atom is 0.147 e. The topological polar surface area (TPSA) is 12.5 Å². The second-order valence-electron chi connectivity index (χ2n) is 4.88. The Morgan fingerprint density at radius 1 is 1.19 bits per heavy atom. The van der Waals surface area contributed by atoms with E-state index in [9.17, 15) is 8.78 Å². The first-order valence-electron chi connectivity index (χ1n) is 7.31. The maximum atomic E-state index is 14.2. The van der Waals surface area contributed by atoms with Crippen molar-refractivity contribution in [3.05, 3.63) is 34.7 Å². The summed E-state index contributed by atoms with van der Waals surface area (Å²) in [6.45, 7) is 7.95. The molecule has 0 bridgehead atoms. The van der Waals surface area contributed by atoms with Gasteiger partial charge in [0.25, 0.3) is 0 Å². The zero-order valence-corrected chi connectivity index (χ0v) is 13.3. The van der Waals surface area contributed by atoms with Crippen LogP contribution in [0.4, 0.5) is 8.78 Å². The molecule has 0 saturated carbocycles. The second-order valence-corrected chi connectivity index (χ2v) is 5.80. The third-order valence-corrected chi connectivity index (χ3v) is 4.60. The molecular formula is C16H21F2NOS. The van der Waals surface area contributed by atoms with Gasteiger partial charge in [0.15, 0.2) is 0 Å². The van der Waals surface area contributed by atoms with Crippen LogP contribution in [0.1, 0.15) is 19.4 Å². The van der Waals surface area contributed by atoms with Crippen molar-refractivity contribution in [1.29, 1.82) is 0 Å². The lowest BCUT2D eigenvalue weighted by Crippen LogP contribution is -2.27. The summed E-state index contributed by atoms with van der Waals surface area (Å²) >= 11 is 1.30. The first-order valence-corrected chi connectivity index (χ1v) is 8.19. The number of thiophene rings is 1. The van der Waals surface area contributed by atoms with Crippen LogP contribution in [-0.2, 0) is 11.2 Å². The van der Waals surface area contributed by atoms with Crippen molar-refractivity contribution in [2.24, 2.45) is 0 Å². The highest BCUT2D eigenvalue weighted by Gasteiger charge is 2.14. The molecule has 0 saturated heterocycles. The fraction of sp³-hybridized carbons (Fsp3) is 0.500. The molecule has 0 aliphatic carbocycles. The first kappa shape index (κ1) is 16.3. The molecule has 0 radical (unpaired) electrons. The van der Waals surface area contributed by atoms with Crippen LogP contribution in [0, 0.1) is 11.6 Å². The van der Waals surface area contributed by atoms with Crippen LogP contribution in [0.15, 0.2) is 17.5 Å². The molecule has 0 fully saturated rings. The van der Waals surface area contributed by atoms with Crippen molar-refractivity contribution in [1.82, 2.24) is 4.90 Å². The molecule has 2 rings (SSSR count). The highest BCUT2D eigenvalue weighted by atomic mass is 32.1. The molecule has 1 heterocycles. The summed E-state index contributed by atoms with van der Waals surface area (Å²) in [5.74, 6) is -0.918. The van der Waals surface area contributed by atoms with Crippen LogP contribution in [0.2, 0.25) is 0 Å². The lowest BCUT2D eigenvalue weighted by molar-refractivity contribution is 0.108. The molecule has 1 aromatic heterocycles. The summed E-state index contributed by atoms with van der Waals surface area (Å²) in [4.78, 5) is 2.25. The highest BCUT2D eigenvalue weighted by molar-refractivity contribution is 7.17. The van der Waals surface area contributed by atoms with Crippen molar-refractivity contribution < 1.29 is 13.5 Å². The average Bonchev–Trinajstić information content (AvgIpc) is 2.94. The SMILES string of the molecule is CCN(CC)CCOCCc1c(F)cc2ccsc2c1F. The number of rotatable bonds is 8. The molecule has 0 N–H and O–H groups in total. The number of hydrogen-bond donors (Lipinski definition) is 0. The molecule has 0 unspecified atom stereocenters. The summed E-state index contributed by atoms with van der Waals surface area (Å²) in [5, 5.41) is 2.40. The fourth-order valence-electron chi connectivity index (χ4n) is 2.32. The van der Waals surface area contributed by atoms with Gasteiger partial charge >= 0.3 is 0 Å². The number of benzene rings is 1. The van der Waals surface area contributed by atoms with Crippen LogP contribution in [0.5, 0.6) is 0 Å². The molecule has 0 aliphatic heterocycles. The normalized spacial score (nSPS) is 11.7. The average molecular weight is 313 g/mol. The van der Waals surface area contributed by atoms with Crippen molar-refractivity contribution in [3.63, 3.8) is 0 Å². The largest absolute Gasteiger partial charge is 0.380 e. The number of halogens is 2. The van der Waals surface area contributed by atoms with Gasteiger partial charge in [-0.1, -0.05) is 13.8 Å². The van der Waals surface area contributed by atoms with E-state index in [0.717, 1.165) is 19.6 Å². The minimum absolute atomic E-state index is 0.132. The molecule has 2 aromatic rings. The van der Waals surface area contributed by atoms with Gasteiger partial charge in [-0.15, -0.1) is 11.3 Å². The van der Waals surface area contributed by atoms with Crippen molar-refractivity contribution in [2.75, 3.05) is 32.8 Å². The molecule has 5 heteroatoms. The van der Waals surface area contributed by atoms with Gasteiger partial charge in [-0.25, -0.2) is 8.78 Å². The molecule has 0 aliphatic rings. The summed E-state index contributed by atoms with van der Waals surface area (Å²) in [7, 11) is 0. The first-order chi connectivity index (χ1) is 10.2. The molecule has 2 nitrogen and oxygen atoms in total. The highest BCUT2D eigenvalue weighted by Crippen LogP contribution is 2.28. The van der Waals surface area contributed by atoms with E-state index in [0.29, 0.717) is 23.3 Å². The smallest absolute Gasteiger partial charge is 0.147 e. The van der Waals surface area contributed by atoms with E-state index in [-0.39, 0.29) is 12.0 Å². The number of fused-ring (bicyclic) bond motifs is 1. The Morgan fingerprint density at radius 2 is 1.95 bits per heavy atom. The van der Waals surface area contributed by atoms with Gasteiger partial charge in [0.1, 0.15) is 11.6 Å². The van der Waals surface area contributed by atoms with Gasteiger partial charge in [-0.05, 0) is 36.0 Å². The van der Waals surface area contributed by atoms with E-state index in [2.05, 4.69) is 18.7 Å². The van der Waals surface area contributed by atoms with Gasteiger partial charge in [0, 0.05) is 18.5 Å². The van der Waals surface area contributed by atoms with Crippen LogP contribution in [0.25, 0.3) is 10.1 Å². The van der Waals surface area contributed by atoms with Gasteiger partial charge in [-0.2, -0.15) is 0 Å². The summed E-state index contributed by atoms with van der Waals surface area (Å²) in [6.07, 6.45) is 0.268. The number of hydrogen-bond acceptors (Lipinski definition) is 3. The van der Waals surface area contributed by atoms with E-state index in [4.69, 9.17) is 4.74 Å². The molecule has 0 spiro atoms. The van der Waals surface area contributed by atoms with Gasteiger partial charge in [-0.3, -0.25) is 0 Å². The van der Waals surface area contributed by atoms with Crippen LogP contribution in [-0.4, -0.2) is 37.7 Å². The van der Waals surface area contributed by atoms with Crippen molar-refractivity contribution >= 4 is 21.4 Å². The van der Waals surface area contributed by atoms with Gasteiger partial charge < -0.3 is 9.64 Å². The molecule has 0 atom stereocenters. The van der Waals surface area contributed by atoms with Gasteiger partial charge in [0.2, 0.25) is 0 Å². The molecular weight excluding hydrogens is 292 g/mol.